The van der Waals surface area contributed by atoms with Crippen molar-refractivity contribution in [2.75, 3.05) is 6.61 Å². The summed E-state index contributed by atoms with van der Waals surface area (Å²) < 4.78 is 19.7. The molecule has 0 atom stereocenters. The molecule has 0 aliphatic rings. The summed E-state index contributed by atoms with van der Waals surface area (Å²) in [4.78, 5) is 30.9. The number of carbonyl (C=O) groups is 1. The first-order valence-corrected chi connectivity index (χ1v) is 9.16. The van der Waals surface area contributed by atoms with Crippen LogP contribution in [-0.4, -0.2) is 22.1 Å². The van der Waals surface area contributed by atoms with Gasteiger partial charge >= 0.3 is 5.97 Å². The normalized spacial score (nSPS) is 11.1. The van der Waals surface area contributed by atoms with Crippen LogP contribution in [0.4, 0.5) is 4.39 Å². The Morgan fingerprint density at radius 2 is 1.96 bits per heavy atom. The third-order valence-electron chi connectivity index (χ3n) is 4.16. The van der Waals surface area contributed by atoms with Gasteiger partial charge in [0.1, 0.15) is 16.5 Å². The molecular weight excluding hydrogens is 355 g/mol. The fourth-order valence-electron chi connectivity index (χ4n) is 2.96. The molecule has 0 amide bonds. The van der Waals surface area contributed by atoms with Crippen molar-refractivity contribution in [2.24, 2.45) is 0 Å². The van der Waals surface area contributed by atoms with E-state index in [4.69, 9.17) is 4.74 Å². The molecule has 0 fully saturated rings. The Balaban J connectivity index is 2.12. The fraction of sp³-hybridized carbons (Fsp3) is 0.316. The summed E-state index contributed by atoms with van der Waals surface area (Å²) in [6.07, 6.45) is 0.108. The van der Waals surface area contributed by atoms with Gasteiger partial charge in [-0.3, -0.25) is 14.2 Å². The van der Waals surface area contributed by atoms with Gasteiger partial charge in [-0.25, -0.2) is 9.37 Å². The van der Waals surface area contributed by atoms with Gasteiger partial charge in [-0.2, -0.15) is 0 Å². The Hall–Kier alpha value is -2.54. The third-order valence-corrected chi connectivity index (χ3v) is 5.16. The first kappa shape index (κ1) is 18.3. The number of aromatic nitrogens is 2. The molecule has 136 valence electrons. The summed E-state index contributed by atoms with van der Waals surface area (Å²) >= 11 is 1.44. The minimum atomic E-state index is -0.348. The van der Waals surface area contributed by atoms with Crippen molar-refractivity contribution in [3.63, 3.8) is 0 Å². The second-order valence-electron chi connectivity index (χ2n) is 5.89. The zero-order valence-corrected chi connectivity index (χ0v) is 15.7. The molecule has 0 N–H and O–H groups in total. The van der Waals surface area contributed by atoms with Crippen LogP contribution in [0.2, 0.25) is 0 Å². The Morgan fingerprint density at radius 1 is 1.27 bits per heavy atom. The minimum Gasteiger partial charge on any atom is -0.466 e. The summed E-state index contributed by atoms with van der Waals surface area (Å²) in [5.41, 5.74) is 1.35. The lowest BCUT2D eigenvalue weighted by Gasteiger charge is -2.10. The SMILES string of the molecule is CCOC(=O)CCn1c(C)nc2sc(C)c(-c3ccc(F)cc3)c2c1=O. The molecule has 0 saturated heterocycles. The first-order chi connectivity index (χ1) is 12.4. The van der Waals surface area contributed by atoms with Gasteiger partial charge < -0.3 is 4.74 Å². The predicted octanol–water partition coefficient (Wildman–Crippen LogP) is 3.83. The van der Waals surface area contributed by atoms with Gasteiger partial charge in [0.15, 0.2) is 0 Å². The van der Waals surface area contributed by atoms with Gasteiger partial charge in [0.05, 0.1) is 18.4 Å². The number of hydrogen-bond acceptors (Lipinski definition) is 5. The summed E-state index contributed by atoms with van der Waals surface area (Å²) in [7, 11) is 0. The molecular formula is C19H19FN2O3S. The van der Waals surface area contributed by atoms with Crippen LogP contribution in [0.25, 0.3) is 21.3 Å². The zero-order chi connectivity index (χ0) is 18.8. The highest BCUT2D eigenvalue weighted by Crippen LogP contribution is 2.35. The highest BCUT2D eigenvalue weighted by atomic mass is 32.1. The van der Waals surface area contributed by atoms with Crippen LogP contribution < -0.4 is 5.56 Å². The number of esters is 1. The lowest BCUT2D eigenvalue weighted by molar-refractivity contribution is -0.143. The second kappa shape index (κ2) is 7.37. The van der Waals surface area contributed by atoms with Crippen molar-refractivity contribution in [2.45, 2.75) is 33.7 Å². The van der Waals surface area contributed by atoms with Crippen molar-refractivity contribution >= 4 is 27.5 Å². The molecule has 0 aliphatic heterocycles. The standard InChI is InChI=1S/C19H19FN2O3S/c1-4-25-15(23)9-10-22-12(3)21-18-17(19(22)24)16(11(2)26-18)13-5-7-14(20)8-6-13/h5-8H,4,9-10H2,1-3H3. The lowest BCUT2D eigenvalue weighted by Crippen LogP contribution is -2.25. The number of thiophene rings is 1. The smallest absolute Gasteiger partial charge is 0.307 e. The number of hydrogen-bond donors (Lipinski definition) is 0. The molecule has 0 radical (unpaired) electrons. The predicted molar refractivity (Wildman–Crippen MR) is 100.0 cm³/mol. The van der Waals surface area contributed by atoms with Gasteiger partial charge in [-0.15, -0.1) is 11.3 Å². The highest BCUT2D eigenvalue weighted by Gasteiger charge is 2.19. The summed E-state index contributed by atoms with van der Waals surface area (Å²) in [6.45, 7) is 5.93. The van der Waals surface area contributed by atoms with E-state index in [0.717, 1.165) is 16.0 Å². The van der Waals surface area contributed by atoms with E-state index >= 15 is 0 Å². The number of ether oxygens (including phenoxy) is 1. The number of fused-ring (bicyclic) bond motifs is 1. The van der Waals surface area contributed by atoms with Gasteiger partial charge in [0.2, 0.25) is 0 Å². The molecule has 3 aromatic rings. The minimum absolute atomic E-state index is 0.108. The van der Waals surface area contributed by atoms with Gasteiger partial charge in [0, 0.05) is 17.0 Å². The van der Waals surface area contributed by atoms with Crippen molar-refractivity contribution in [1.29, 1.82) is 0 Å². The quantitative estimate of drug-likeness (QED) is 0.637. The summed E-state index contributed by atoms with van der Waals surface area (Å²) in [6, 6.07) is 6.07. The van der Waals surface area contributed by atoms with Crippen LogP contribution >= 0.6 is 11.3 Å². The van der Waals surface area contributed by atoms with Gasteiger partial charge in [0.25, 0.3) is 5.56 Å². The second-order valence-corrected chi connectivity index (χ2v) is 7.09. The first-order valence-electron chi connectivity index (χ1n) is 8.34. The molecule has 3 rings (SSSR count). The summed E-state index contributed by atoms with van der Waals surface area (Å²) in [5.74, 6) is -0.121. The van der Waals surface area contributed by atoms with E-state index in [2.05, 4.69) is 4.98 Å². The maximum Gasteiger partial charge on any atom is 0.307 e. The number of rotatable bonds is 5. The van der Waals surface area contributed by atoms with E-state index in [9.17, 15) is 14.0 Å². The van der Waals surface area contributed by atoms with Crippen molar-refractivity contribution in [1.82, 2.24) is 9.55 Å². The Kier molecular flexibility index (Phi) is 5.18. The zero-order valence-electron chi connectivity index (χ0n) is 14.8. The molecule has 1 aromatic carbocycles. The molecule has 0 spiro atoms. The van der Waals surface area contributed by atoms with Crippen molar-refractivity contribution in [3.8, 4) is 11.1 Å². The van der Waals surface area contributed by atoms with Crippen LogP contribution in [-0.2, 0) is 16.1 Å². The van der Waals surface area contributed by atoms with Crippen molar-refractivity contribution < 1.29 is 13.9 Å². The topological polar surface area (TPSA) is 61.2 Å². The van der Waals surface area contributed by atoms with Crippen LogP contribution in [0.3, 0.4) is 0 Å². The molecule has 26 heavy (non-hydrogen) atoms. The van der Waals surface area contributed by atoms with E-state index in [1.807, 2.05) is 6.92 Å². The van der Waals surface area contributed by atoms with Crippen molar-refractivity contribution in [3.05, 3.63) is 51.1 Å². The number of carbonyl (C=O) groups excluding carboxylic acids is 1. The van der Waals surface area contributed by atoms with E-state index < -0.39 is 0 Å². The number of halogens is 1. The molecule has 0 aliphatic carbocycles. The van der Waals surface area contributed by atoms with E-state index in [1.165, 1.54) is 28.0 Å². The maximum atomic E-state index is 13.3. The van der Waals surface area contributed by atoms with Crippen LogP contribution in [0.15, 0.2) is 29.1 Å². The maximum absolute atomic E-state index is 13.3. The monoisotopic (exact) mass is 374 g/mol. The van der Waals surface area contributed by atoms with E-state index in [-0.39, 0.29) is 30.3 Å². The molecule has 2 aromatic heterocycles. The summed E-state index contributed by atoms with van der Waals surface area (Å²) in [5, 5.41) is 0.508. The molecule has 7 heteroatoms. The molecule has 0 unspecified atom stereocenters. The average Bonchev–Trinajstić information content (AvgIpc) is 2.91. The molecule has 5 nitrogen and oxygen atoms in total. The number of nitrogens with zero attached hydrogens (tertiary/aromatic N) is 2. The van der Waals surface area contributed by atoms with Gasteiger partial charge in [-0.05, 0) is 38.5 Å². The molecule has 0 saturated carbocycles. The lowest BCUT2D eigenvalue weighted by atomic mass is 10.0. The Morgan fingerprint density at radius 3 is 2.62 bits per heavy atom. The van der Waals surface area contributed by atoms with E-state index in [0.29, 0.717) is 22.6 Å². The number of aryl methyl sites for hydroxylation is 2. The van der Waals surface area contributed by atoms with Gasteiger partial charge in [-0.1, -0.05) is 12.1 Å². The number of benzene rings is 1. The fourth-order valence-corrected chi connectivity index (χ4v) is 4.04. The van der Waals surface area contributed by atoms with E-state index in [1.54, 1.807) is 26.0 Å². The largest absolute Gasteiger partial charge is 0.466 e. The van der Waals surface area contributed by atoms with Crippen LogP contribution in [0.1, 0.15) is 24.0 Å². The Labute approximate surface area is 154 Å². The highest BCUT2D eigenvalue weighted by molar-refractivity contribution is 7.19. The third kappa shape index (κ3) is 3.39. The van der Waals surface area contributed by atoms with Crippen LogP contribution in [0.5, 0.6) is 0 Å². The Bertz CT molecular complexity index is 1020. The average molecular weight is 374 g/mol. The van der Waals surface area contributed by atoms with Crippen LogP contribution in [0, 0.1) is 19.7 Å². The molecule has 0 bridgehead atoms. The molecule has 2 heterocycles.